The topological polar surface area (TPSA) is 65.3 Å². The number of hydrogen-bond acceptors (Lipinski definition) is 4. The molecule has 0 N–H and O–H groups in total. The van der Waals surface area contributed by atoms with Crippen molar-refractivity contribution in [3.8, 4) is 5.88 Å². The molecule has 1 aromatic carbocycles. The number of fused-ring (bicyclic) bond motifs is 1. The van der Waals surface area contributed by atoms with Crippen LogP contribution in [0.2, 0.25) is 0 Å². The summed E-state index contributed by atoms with van der Waals surface area (Å²) in [6.45, 7) is -0.115. The summed E-state index contributed by atoms with van der Waals surface area (Å²) in [5, 5.41) is 11.3. The average molecular weight is 232 g/mol. The Morgan fingerprint density at radius 2 is 2.18 bits per heavy atom. The van der Waals surface area contributed by atoms with Gasteiger partial charge in [-0.25, -0.2) is 4.98 Å². The Morgan fingerprint density at radius 1 is 1.41 bits per heavy atom. The fourth-order valence-electron chi connectivity index (χ4n) is 1.71. The third-order valence-electron chi connectivity index (χ3n) is 2.52. The molecule has 2 rings (SSSR count). The van der Waals surface area contributed by atoms with Crippen LogP contribution in [0.3, 0.4) is 0 Å². The summed E-state index contributed by atoms with van der Waals surface area (Å²) in [6, 6.07) is 9.51. The fourth-order valence-corrected chi connectivity index (χ4v) is 1.71. The summed E-state index contributed by atoms with van der Waals surface area (Å²) in [5.74, 6) is 0.463. The van der Waals surface area contributed by atoms with Gasteiger partial charge in [-0.3, -0.25) is 10.1 Å². The van der Waals surface area contributed by atoms with Gasteiger partial charge in [0.25, 0.3) is 0 Å². The highest BCUT2D eigenvalue weighted by molar-refractivity contribution is 5.80. The van der Waals surface area contributed by atoms with E-state index in [2.05, 4.69) is 4.98 Å². The van der Waals surface area contributed by atoms with Gasteiger partial charge in [0.15, 0.2) is 0 Å². The van der Waals surface area contributed by atoms with E-state index in [1.807, 2.05) is 30.3 Å². The van der Waals surface area contributed by atoms with Crippen molar-refractivity contribution < 1.29 is 9.66 Å². The van der Waals surface area contributed by atoms with E-state index in [1.54, 1.807) is 0 Å². The molecule has 5 nitrogen and oxygen atoms in total. The summed E-state index contributed by atoms with van der Waals surface area (Å²) >= 11 is 0. The number of pyridine rings is 1. The molecule has 0 aliphatic carbocycles. The number of methoxy groups -OCH3 is 1. The highest BCUT2D eigenvalue weighted by Crippen LogP contribution is 2.22. The lowest BCUT2D eigenvalue weighted by Gasteiger charge is -2.07. The summed E-state index contributed by atoms with van der Waals surface area (Å²) in [7, 11) is 1.52. The second-order valence-electron chi connectivity index (χ2n) is 3.66. The van der Waals surface area contributed by atoms with Crippen molar-refractivity contribution in [1.29, 1.82) is 0 Å². The SMILES string of the molecule is COc1nc2ccccc2cc1CC[N+](=O)[O-]. The molecule has 0 saturated heterocycles. The Hall–Kier alpha value is -2.17. The summed E-state index contributed by atoms with van der Waals surface area (Å²) in [4.78, 5) is 14.4. The number of ether oxygens (including phenoxy) is 1. The summed E-state index contributed by atoms with van der Waals surface area (Å²) in [5.41, 5.74) is 1.59. The first-order chi connectivity index (χ1) is 8.20. The van der Waals surface area contributed by atoms with Crippen LogP contribution in [-0.2, 0) is 6.42 Å². The molecular formula is C12H12N2O3. The normalized spacial score (nSPS) is 10.4. The Bertz CT molecular complexity index is 554. The Balaban J connectivity index is 2.41. The van der Waals surface area contributed by atoms with Crippen molar-refractivity contribution in [1.82, 2.24) is 4.98 Å². The molecular weight excluding hydrogens is 220 g/mol. The van der Waals surface area contributed by atoms with Crippen molar-refractivity contribution >= 4 is 10.9 Å². The first-order valence-corrected chi connectivity index (χ1v) is 5.25. The van der Waals surface area contributed by atoms with Crippen LogP contribution in [0.5, 0.6) is 5.88 Å². The average Bonchev–Trinajstić information content (AvgIpc) is 2.35. The number of benzene rings is 1. The molecule has 2 aromatic rings. The van der Waals surface area contributed by atoms with Gasteiger partial charge in [-0.1, -0.05) is 18.2 Å². The number of para-hydroxylation sites is 1. The van der Waals surface area contributed by atoms with Crippen LogP contribution < -0.4 is 4.74 Å². The number of nitrogens with zero attached hydrogens (tertiary/aromatic N) is 2. The van der Waals surface area contributed by atoms with Gasteiger partial charge in [-0.05, 0) is 12.1 Å². The van der Waals surface area contributed by atoms with Gasteiger partial charge < -0.3 is 4.74 Å². The van der Waals surface area contributed by atoms with Gasteiger partial charge in [0.05, 0.1) is 12.6 Å². The van der Waals surface area contributed by atoms with Gasteiger partial charge in [-0.15, -0.1) is 0 Å². The Kier molecular flexibility index (Phi) is 3.18. The predicted octanol–water partition coefficient (Wildman–Crippen LogP) is 2.06. The largest absolute Gasteiger partial charge is 0.481 e. The van der Waals surface area contributed by atoms with E-state index in [1.165, 1.54) is 7.11 Å². The van der Waals surface area contributed by atoms with Crippen LogP contribution in [0.4, 0.5) is 0 Å². The zero-order chi connectivity index (χ0) is 12.3. The van der Waals surface area contributed by atoms with Gasteiger partial charge in [0, 0.05) is 22.3 Å². The molecule has 0 aliphatic heterocycles. The molecule has 0 atom stereocenters. The number of rotatable bonds is 4. The second kappa shape index (κ2) is 4.78. The van der Waals surface area contributed by atoms with Crippen molar-refractivity contribution in [3.05, 3.63) is 46.0 Å². The maximum atomic E-state index is 10.4. The molecule has 0 unspecified atom stereocenters. The molecule has 88 valence electrons. The van der Waals surface area contributed by atoms with Crippen LogP contribution in [0.25, 0.3) is 10.9 Å². The van der Waals surface area contributed by atoms with E-state index < -0.39 is 0 Å². The van der Waals surface area contributed by atoms with Crippen LogP contribution >= 0.6 is 0 Å². The smallest absolute Gasteiger partial charge is 0.217 e. The van der Waals surface area contributed by atoms with Crippen molar-refractivity contribution in [2.75, 3.05) is 13.7 Å². The maximum absolute atomic E-state index is 10.4. The number of hydrogen-bond donors (Lipinski definition) is 0. The van der Waals surface area contributed by atoms with E-state index in [0.29, 0.717) is 12.3 Å². The van der Waals surface area contributed by atoms with Gasteiger partial charge in [-0.2, -0.15) is 0 Å². The van der Waals surface area contributed by atoms with E-state index in [4.69, 9.17) is 4.74 Å². The first kappa shape index (κ1) is 11.3. The molecule has 5 heteroatoms. The minimum Gasteiger partial charge on any atom is -0.481 e. The molecule has 0 fully saturated rings. The zero-order valence-electron chi connectivity index (χ0n) is 9.42. The number of aromatic nitrogens is 1. The van der Waals surface area contributed by atoms with Crippen LogP contribution in [0.1, 0.15) is 5.56 Å². The lowest BCUT2D eigenvalue weighted by molar-refractivity contribution is -0.479. The van der Waals surface area contributed by atoms with E-state index in [9.17, 15) is 10.1 Å². The molecule has 1 aromatic heterocycles. The molecule has 0 spiro atoms. The fraction of sp³-hybridized carbons (Fsp3) is 0.250. The molecule has 0 saturated carbocycles. The van der Waals surface area contributed by atoms with Crippen LogP contribution in [0.15, 0.2) is 30.3 Å². The van der Waals surface area contributed by atoms with Crippen molar-refractivity contribution in [3.63, 3.8) is 0 Å². The molecule has 17 heavy (non-hydrogen) atoms. The van der Waals surface area contributed by atoms with Crippen molar-refractivity contribution in [2.24, 2.45) is 0 Å². The highest BCUT2D eigenvalue weighted by Gasteiger charge is 2.09. The Labute approximate surface area is 98.2 Å². The van der Waals surface area contributed by atoms with Gasteiger partial charge in [0.2, 0.25) is 12.4 Å². The zero-order valence-corrected chi connectivity index (χ0v) is 9.42. The Morgan fingerprint density at radius 3 is 2.88 bits per heavy atom. The maximum Gasteiger partial charge on any atom is 0.217 e. The summed E-state index contributed by atoms with van der Waals surface area (Å²) < 4.78 is 5.15. The van der Waals surface area contributed by atoms with Crippen LogP contribution in [0, 0.1) is 10.1 Å². The minimum absolute atomic E-state index is 0.115. The molecule has 0 radical (unpaired) electrons. The second-order valence-corrected chi connectivity index (χ2v) is 3.66. The lowest BCUT2D eigenvalue weighted by atomic mass is 10.1. The standard InChI is InChI=1S/C12H12N2O3/c1-17-12-10(6-7-14(15)16)8-9-4-2-3-5-11(9)13-12/h2-5,8H,6-7H2,1H3. The molecule has 0 aliphatic rings. The predicted molar refractivity (Wildman–Crippen MR) is 63.9 cm³/mol. The monoisotopic (exact) mass is 232 g/mol. The quantitative estimate of drug-likeness (QED) is 0.597. The third-order valence-corrected chi connectivity index (χ3v) is 2.52. The third kappa shape index (κ3) is 2.50. The van der Waals surface area contributed by atoms with Gasteiger partial charge >= 0.3 is 0 Å². The van der Waals surface area contributed by atoms with E-state index >= 15 is 0 Å². The van der Waals surface area contributed by atoms with Gasteiger partial charge in [0.1, 0.15) is 0 Å². The number of nitro groups is 1. The molecule has 0 amide bonds. The summed E-state index contributed by atoms with van der Waals surface area (Å²) in [6.07, 6.45) is 0.327. The first-order valence-electron chi connectivity index (χ1n) is 5.25. The van der Waals surface area contributed by atoms with Crippen LogP contribution in [-0.4, -0.2) is 23.6 Å². The lowest BCUT2D eigenvalue weighted by Crippen LogP contribution is -2.06. The minimum atomic E-state index is -0.339. The van der Waals surface area contributed by atoms with Crippen molar-refractivity contribution in [2.45, 2.75) is 6.42 Å². The van der Waals surface area contributed by atoms with E-state index in [-0.39, 0.29) is 11.5 Å². The highest BCUT2D eigenvalue weighted by atomic mass is 16.6. The van der Waals surface area contributed by atoms with E-state index in [0.717, 1.165) is 16.5 Å². The molecule has 1 heterocycles. The molecule has 0 bridgehead atoms.